The smallest absolute Gasteiger partial charge is 0.326 e. The molecule has 0 bridgehead atoms. The maximum absolute atomic E-state index is 12.5. The van der Waals surface area contributed by atoms with E-state index in [2.05, 4.69) is 20.3 Å². The summed E-state index contributed by atoms with van der Waals surface area (Å²) in [6, 6.07) is 4.71. The highest BCUT2D eigenvalue weighted by Gasteiger charge is 2.25. The van der Waals surface area contributed by atoms with Crippen LogP contribution in [0.5, 0.6) is 5.88 Å². The van der Waals surface area contributed by atoms with Gasteiger partial charge >= 0.3 is 11.9 Å². The number of benzene rings is 1. The van der Waals surface area contributed by atoms with Gasteiger partial charge in [-0.2, -0.15) is 4.98 Å². The summed E-state index contributed by atoms with van der Waals surface area (Å²) in [6.45, 7) is 1.63. The lowest BCUT2D eigenvalue weighted by Crippen LogP contribution is -2.41. The van der Waals surface area contributed by atoms with E-state index in [9.17, 15) is 29.4 Å². The number of primary amides is 1. The van der Waals surface area contributed by atoms with Crippen LogP contribution in [0.1, 0.15) is 52.5 Å². The van der Waals surface area contributed by atoms with E-state index >= 15 is 0 Å². The summed E-state index contributed by atoms with van der Waals surface area (Å²) < 4.78 is 0. The molecule has 0 saturated carbocycles. The second-order valence-corrected chi connectivity index (χ2v) is 7.70. The molecule has 0 aliphatic rings. The standard InChI is InChI=1S/C22H23N5O7/c1-10-25-19-18(21(32)26-10)14(9-24-19)13(8-16(23)28)11-2-4-12(5-3-11)20(31)27-15(22(33)34)6-7-17(29)30/h2-5,9,13,15H,6-8H2,1H3,(H2,23,28)(H,27,31)(H,29,30)(H,33,34)(H2,24,25,26,32)/t13?,15-/m0/s1. The number of rotatable bonds is 10. The fourth-order valence-corrected chi connectivity index (χ4v) is 3.66. The third-order valence-corrected chi connectivity index (χ3v) is 5.26. The van der Waals surface area contributed by atoms with Gasteiger partial charge in [0, 0.05) is 30.5 Å². The molecule has 2 heterocycles. The van der Waals surface area contributed by atoms with E-state index in [-0.39, 0.29) is 24.3 Å². The second-order valence-electron chi connectivity index (χ2n) is 7.70. The number of aliphatic carboxylic acids is 2. The average Bonchev–Trinajstić information content (AvgIpc) is 3.18. The zero-order chi connectivity index (χ0) is 25.0. The summed E-state index contributed by atoms with van der Waals surface area (Å²) >= 11 is 0. The van der Waals surface area contributed by atoms with E-state index in [0.717, 1.165) is 0 Å². The molecule has 34 heavy (non-hydrogen) atoms. The van der Waals surface area contributed by atoms with Gasteiger partial charge in [0.1, 0.15) is 17.5 Å². The summed E-state index contributed by atoms with van der Waals surface area (Å²) in [5.74, 6) is -4.25. The molecule has 7 N–H and O–H groups in total. The maximum atomic E-state index is 12.5. The van der Waals surface area contributed by atoms with Gasteiger partial charge in [-0.3, -0.25) is 14.4 Å². The number of aromatic hydroxyl groups is 1. The van der Waals surface area contributed by atoms with Crippen LogP contribution in [-0.4, -0.2) is 60.1 Å². The maximum Gasteiger partial charge on any atom is 0.326 e. The molecule has 0 aliphatic carbocycles. The van der Waals surface area contributed by atoms with Crippen LogP contribution in [0.25, 0.3) is 11.0 Å². The van der Waals surface area contributed by atoms with Crippen LogP contribution in [0.15, 0.2) is 30.5 Å². The highest BCUT2D eigenvalue weighted by atomic mass is 16.4. The van der Waals surface area contributed by atoms with Gasteiger partial charge in [0.05, 0.1) is 5.39 Å². The molecule has 0 aliphatic heterocycles. The number of aryl methyl sites for hydroxylation is 1. The van der Waals surface area contributed by atoms with Crippen molar-refractivity contribution in [2.75, 3.05) is 0 Å². The summed E-state index contributed by atoms with van der Waals surface area (Å²) in [5, 5.41) is 31.0. The van der Waals surface area contributed by atoms with Gasteiger partial charge in [-0.15, -0.1) is 0 Å². The Balaban J connectivity index is 1.88. The van der Waals surface area contributed by atoms with E-state index in [1.807, 2.05) is 0 Å². The number of carbonyl (C=O) groups is 4. The Morgan fingerprint density at radius 1 is 1.12 bits per heavy atom. The number of carboxylic acid groups (broad SMARTS) is 2. The molecule has 0 radical (unpaired) electrons. The molecular formula is C22H23N5O7. The molecule has 1 unspecified atom stereocenters. The van der Waals surface area contributed by atoms with Crippen LogP contribution in [0.4, 0.5) is 0 Å². The molecule has 178 valence electrons. The Hall–Kier alpha value is -4.48. The van der Waals surface area contributed by atoms with Crippen molar-refractivity contribution in [3.8, 4) is 5.88 Å². The van der Waals surface area contributed by atoms with Crippen LogP contribution in [0.2, 0.25) is 0 Å². The summed E-state index contributed by atoms with van der Waals surface area (Å²) in [4.78, 5) is 57.5. The number of fused-ring (bicyclic) bond motifs is 1. The highest BCUT2D eigenvalue weighted by molar-refractivity contribution is 5.96. The van der Waals surface area contributed by atoms with Crippen molar-refractivity contribution in [2.45, 2.75) is 38.1 Å². The van der Waals surface area contributed by atoms with Gasteiger partial charge in [0.15, 0.2) is 0 Å². The quantitative estimate of drug-likeness (QED) is 0.250. The van der Waals surface area contributed by atoms with Gasteiger partial charge in [-0.05, 0) is 36.6 Å². The first-order chi connectivity index (χ1) is 16.1. The highest BCUT2D eigenvalue weighted by Crippen LogP contribution is 2.36. The van der Waals surface area contributed by atoms with Crippen LogP contribution in [-0.2, 0) is 14.4 Å². The van der Waals surface area contributed by atoms with E-state index in [1.54, 1.807) is 25.3 Å². The fourth-order valence-electron chi connectivity index (χ4n) is 3.66. The van der Waals surface area contributed by atoms with Gasteiger partial charge < -0.3 is 31.4 Å². The molecule has 12 heteroatoms. The molecule has 3 aromatic rings. The van der Waals surface area contributed by atoms with Crippen molar-refractivity contribution < 1.29 is 34.5 Å². The Morgan fingerprint density at radius 3 is 2.38 bits per heavy atom. The number of nitrogens with zero attached hydrogens (tertiary/aromatic N) is 2. The normalized spacial score (nSPS) is 12.7. The topological polar surface area (TPSA) is 209 Å². The first kappa shape index (κ1) is 24.2. The number of carbonyl (C=O) groups excluding carboxylic acids is 2. The number of carboxylic acids is 2. The molecule has 2 atom stereocenters. The first-order valence-corrected chi connectivity index (χ1v) is 10.2. The monoisotopic (exact) mass is 469 g/mol. The third-order valence-electron chi connectivity index (χ3n) is 5.26. The largest absolute Gasteiger partial charge is 0.493 e. The van der Waals surface area contributed by atoms with Crippen molar-refractivity contribution >= 4 is 34.8 Å². The van der Waals surface area contributed by atoms with Crippen LogP contribution in [0, 0.1) is 6.92 Å². The Kier molecular flexibility index (Phi) is 7.09. The lowest BCUT2D eigenvalue weighted by atomic mass is 9.88. The van der Waals surface area contributed by atoms with Crippen molar-refractivity contribution in [2.24, 2.45) is 5.73 Å². The summed E-state index contributed by atoms with van der Waals surface area (Å²) in [7, 11) is 0. The molecule has 0 fully saturated rings. The van der Waals surface area contributed by atoms with Crippen molar-refractivity contribution in [3.63, 3.8) is 0 Å². The third kappa shape index (κ3) is 5.46. The number of hydrogen-bond donors (Lipinski definition) is 6. The Bertz CT molecular complexity index is 1250. The Labute approximate surface area is 192 Å². The van der Waals surface area contributed by atoms with Crippen LogP contribution in [0.3, 0.4) is 0 Å². The SMILES string of the molecule is Cc1nc(O)c2c(C(CC(N)=O)c3ccc(C(=O)N[C@@H](CCC(=O)O)C(=O)O)cc3)c[nH]c2n1. The second kappa shape index (κ2) is 9.98. The van der Waals surface area contributed by atoms with Crippen LogP contribution >= 0.6 is 0 Å². The predicted octanol–water partition coefficient (Wildman–Crippen LogP) is 1.03. The number of hydrogen-bond acceptors (Lipinski definition) is 7. The lowest BCUT2D eigenvalue weighted by molar-refractivity contribution is -0.140. The summed E-state index contributed by atoms with van der Waals surface area (Å²) in [6.07, 6.45) is 0.835. The van der Waals surface area contributed by atoms with E-state index in [4.69, 9.17) is 10.8 Å². The fraction of sp³-hybridized carbons (Fsp3) is 0.273. The number of aromatic nitrogens is 3. The van der Waals surface area contributed by atoms with Crippen molar-refractivity contribution in [1.82, 2.24) is 20.3 Å². The number of amides is 2. The molecule has 0 spiro atoms. The molecule has 2 amide bonds. The average molecular weight is 469 g/mol. The van der Waals surface area contributed by atoms with Gasteiger partial charge in [-0.25, -0.2) is 9.78 Å². The summed E-state index contributed by atoms with van der Waals surface area (Å²) in [5.41, 5.74) is 7.14. The minimum atomic E-state index is -1.36. The molecule has 12 nitrogen and oxygen atoms in total. The van der Waals surface area contributed by atoms with Crippen molar-refractivity contribution in [1.29, 1.82) is 0 Å². The lowest BCUT2D eigenvalue weighted by Gasteiger charge is -2.17. The Morgan fingerprint density at radius 2 is 1.79 bits per heavy atom. The van der Waals surface area contributed by atoms with E-state index in [1.165, 1.54) is 12.1 Å². The van der Waals surface area contributed by atoms with Gasteiger partial charge in [-0.1, -0.05) is 12.1 Å². The number of aromatic amines is 1. The number of nitrogens with two attached hydrogens (primary N) is 1. The molecule has 2 aromatic heterocycles. The van der Waals surface area contributed by atoms with Gasteiger partial charge in [0.25, 0.3) is 5.91 Å². The number of H-pyrrole nitrogens is 1. The minimum absolute atomic E-state index is 0.0951. The molecule has 3 rings (SSSR count). The minimum Gasteiger partial charge on any atom is -0.493 e. The molecular weight excluding hydrogens is 446 g/mol. The zero-order valence-electron chi connectivity index (χ0n) is 18.1. The molecule has 1 aromatic carbocycles. The first-order valence-electron chi connectivity index (χ1n) is 10.2. The van der Waals surface area contributed by atoms with E-state index < -0.39 is 42.1 Å². The molecule has 0 saturated heterocycles. The van der Waals surface area contributed by atoms with E-state index in [0.29, 0.717) is 28.0 Å². The van der Waals surface area contributed by atoms with Crippen molar-refractivity contribution in [3.05, 3.63) is 53.0 Å². The number of nitrogens with one attached hydrogen (secondary N) is 2. The van der Waals surface area contributed by atoms with Gasteiger partial charge in [0.2, 0.25) is 11.8 Å². The predicted molar refractivity (Wildman–Crippen MR) is 118 cm³/mol. The van der Waals surface area contributed by atoms with Crippen LogP contribution < -0.4 is 11.1 Å². The zero-order valence-corrected chi connectivity index (χ0v) is 18.1.